The van der Waals surface area contributed by atoms with Crippen molar-refractivity contribution in [3.63, 3.8) is 0 Å². The summed E-state index contributed by atoms with van der Waals surface area (Å²) in [5, 5.41) is 2.31. The Balaban J connectivity index is 1.51. The van der Waals surface area contributed by atoms with E-state index in [1.807, 2.05) is 48.5 Å². The van der Waals surface area contributed by atoms with Crippen LogP contribution in [-0.4, -0.2) is 16.1 Å². The molecule has 1 aliphatic rings. The lowest BCUT2D eigenvalue weighted by molar-refractivity contribution is 0.196. The van der Waals surface area contributed by atoms with Crippen LogP contribution in [0.1, 0.15) is 12.0 Å². The lowest BCUT2D eigenvalue weighted by Crippen LogP contribution is -2.28. The highest BCUT2D eigenvalue weighted by molar-refractivity contribution is 7.85. The molecule has 1 heterocycles. The van der Waals surface area contributed by atoms with Gasteiger partial charge in [-0.05, 0) is 47.4 Å². The summed E-state index contributed by atoms with van der Waals surface area (Å²) in [6.45, 7) is 0. The summed E-state index contributed by atoms with van der Waals surface area (Å²) >= 11 is 0. The molecule has 23 heavy (non-hydrogen) atoms. The molecule has 0 spiro atoms. The lowest BCUT2D eigenvalue weighted by Gasteiger charge is -2.25. The highest BCUT2D eigenvalue weighted by Gasteiger charge is 2.22. The molecule has 3 aromatic rings. The van der Waals surface area contributed by atoms with Crippen molar-refractivity contribution < 1.29 is 8.95 Å². The van der Waals surface area contributed by atoms with E-state index < -0.39 is 10.8 Å². The lowest BCUT2D eigenvalue weighted by atomic mass is 10.0. The fourth-order valence-corrected chi connectivity index (χ4v) is 4.31. The van der Waals surface area contributed by atoms with Crippen LogP contribution in [0.15, 0.2) is 71.6 Å². The first-order valence-corrected chi connectivity index (χ1v) is 9.23. The number of benzene rings is 3. The zero-order valence-corrected chi connectivity index (χ0v) is 13.6. The molecule has 0 amide bonds. The molecule has 0 fully saturated rings. The van der Waals surface area contributed by atoms with Gasteiger partial charge < -0.3 is 4.74 Å². The van der Waals surface area contributed by atoms with Gasteiger partial charge in [0, 0.05) is 4.90 Å². The summed E-state index contributed by atoms with van der Waals surface area (Å²) < 4.78 is 18.7. The molecule has 0 bridgehead atoms. The van der Waals surface area contributed by atoms with Gasteiger partial charge in [-0.1, -0.05) is 48.5 Å². The van der Waals surface area contributed by atoms with Gasteiger partial charge in [0.25, 0.3) is 0 Å². The number of hydrogen-bond donors (Lipinski definition) is 0. The molecule has 0 saturated heterocycles. The Morgan fingerprint density at radius 2 is 1.74 bits per heavy atom. The molecule has 0 aliphatic carbocycles. The van der Waals surface area contributed by atoms with Crippen molar-refractivity contribution >= 4 is 21.6 Å². The van der Waals surface area contributed by atoms with Crippen LogP contribution < -0.4 is 4.74 Å². The van der Waals surface area contributed by atoms with Crippen molar-refractivity contribution in [3.05, 3.63) is 72.3 Å². The van der Waals surface area contributed by atoms with Crippen LogP contribution in [0.4, 0.5) is 0 Å². The maximum atomic E-state index is 12.7. The largest absolute Gasteiger partial charge is 0.489 e. The third kappa shape index (κ3) is 3.02. The number of hydrogen-bond acceptors (Lipinski definition) is 2. The van der Waals surface area contributed by atoms with Crippen molar-refractivity contribution in [1.82, 2.24) is 0 Å². The minimum Gasteiger partial charge on any atom is -0.489 e. The first kappa shape index (κ1) is 14.5. The van der Waals surface area contributed by atoms with Gasteiger partial charge in [0.05, 0.1) is 16.6 Å². The molecular formula is C20H18O2S. The van der Waals surface area contributed by atoms with Crippen LogP contribution in [0.25, 0.3) is 10.8 Å². The molecule has 116 valence electrons. The van der Waals surface area contributed by atoms with Gasteiger partial charge in [0.2, 0.25) is 0 Å². The normalized spacial score (nSPS) is 18.2. The van der Waals surface area contributed by atoms with E-state index in [0.29, 0.717) is 5.75 Å². The molecule has 0 N–H and O–H groups in total. The fourth-order valence-electron chi connectivity index (χ4n) is 3.07. The van der Waals surface area contributed by atoms with E-state index in [4.69, 9.17) is 4.74 Å². The molecule has 0 radical (unpaired) electrons. The Hall–Kier alpha value is -2.13. The van der Waals surface area contributed by atoms with Gasteiger partial charge in [-0.2, -0.15) is 0 Å². The number of aryl methyl sites for hydroxylation is 1. The van der Waals surface area contributed by atoms with Crippen molar-refractivity contribution in [2.75, 3.05) is 5.75 Å². The van der Waals surface area contributed by atoms with Crippen LogP contribution in [0.3, 0.4) is 0 Å². The van der Waals surface area contributed by atoms with E-state index in [2.05, 4.69) is 18.2 Å². The second-order valence-electron chi connectivity index (χ2n) is 5.91. The second-order valence-corrected chi connectivity index (χ2v) is 7.40. The average Bonchev–Trinajstić information content (AvgIpc) is 2.61. The van der Waals surface area contributed by atoms with Gasteiger partial charge in [0.1, 0.15) is 11.9 Å². The maximum absolute atomic E-state index is 12.7. The predicted molar refractivity (Wildman–Crippen MR) is 94.4 cm³/mol. The van der Waals surface area contributed by atoms with Crippen LogP contribution >= 0.6 is 0 Å². The maximum Gasteiger partial charge on any atom is 0.122 e. The first-order valence-electron chi connectivity index (χ1n) is 7.91. The minimum atomic E-state index is -1.04. The predicted octanol–water partition coefficient (Wildman–Crippen LogP) is 4.34. The number of fused-ring (bicyclic) bond motifs is 2. The summed E-state index contributed by atoms with van der Waals surface area (Å²) in [4.78, 5) is 0.881. The van der Waals surface area contributed by atoms with Crippen molar-refractivity contribution in [1.29, 1.82) is 0 Å². The number of para-hydroxylation sites is 1. The fraction of sp³-hybridized carbons (Fsp3) is 0.200. The molecule has 0 saturated carbocycles. The third-order valence-electron chi connectivity index (χ3n) is 4.32. The smallest absolute Gasteiger partial charge is 0.122 e. The quantitative estimate of drug-likeness (QED) is 0.717. The summed E-state index contributed by atoms with van der Waals surface area (Å²) in [7, 11) is -1.04. The van der Waals surface area contributed by atoms with E-state index in [1.165, 1.54) is 10.9 Å². The summed E-state index contributed by atoms with van der Waals surface area (Å²) in [5.74, 6) is 1.49. The molecule has 1 aliphatic heterocycles. The zero-order valence-electron chi connectivity index (χ0n) is 12.8. The Morgan fingerprint density at radius 1 is 0.957 bits per heavy atom. The van der Waals surface area contributed by atoms with E-state index in [-0.39, 0.29) is 6.10 Å². The standard InChI is InChI=1S/C20H18O2S/c21-23(19-12-10-15-5-1-2-7-17(15)13-19)14-18-11-9-16-6-3-4-8-20(16)22-18/h1-8,10,12-13,18H,9,11,14H2/t18-,23+/m0/s1. The van der Waals surface area contributed by atoms with Crippen molar-refractivity contribution in [3.8, 4) is 5.75 Å². The number of ether oxygens (including phenoxy) is 1. The summed E-state index contributed by atoms with van der Waals surface area (Å²) in [5.41, 5.74) is 1.25. The summed E-state index contributed by atoms with van der Waals surface area (Å²) in [6, 6.07) is 22.3. The highest BCUT2D eigenvalue weighted by atomic mass is 32.2. The Labute approximate surface area is 138 Å². The molecule has 3 aromatic carbocycles. The topological polar surface area (TPSA) is 26.3 Å². The zero-order chi connectivity index (χ0) is 15.6. The minimum absolute atomic E-state index is 0.0252. The molecule has 0 unspecified atom stereocenters. The van der Waals surface area contributed by atoms with Crippen LogP contribution in [0.2, 0.25) is 0 Å². The van der Waals surface area contributed by atoms with Crippen molar-refractivity contribution in [2.45, 2.75) is 23.8 Å². The Kier molecular flexibility index (Phi) is 3.88. The molecule has 0 aromatic heterocycles. The van der Waals surface area contributed by atoms with Gasteiger partial charge in [0.15, 0.2) is 0 Å². The monoisotopic (exact) mass is 322 g/mol. The van der Waals surface area contributed by atoms with Gasteiger partial charge in [-0.15, -0.1) is 0 Å². The van der Waals surface area contributed by atoms with Crippen LogP contribution in [-0.2, 0) is 17.2 Å². The van der Waals surface area contributed by atoms with Crippen molar-refractivity contribution in [2.24, 2.45) is 0 Å². The SMILES string of the molecule is O=[S@](C[C@@H]1CCc2ccccc2O1)c1ccc2ccccc2c1. The first-order chi connectivity index (χ1) is 11.3. The third-order valence-corrected chi connectivity index (χ3v) is 5.78. The van der Waals surface area contributed by atoms with Crippen LogP contribution in [0, 0.1) is 0 Å². The second kappa shape index (κ2) is 6.17. The highest BCUT2D eigenvalue weighted by Crippen LogP contribution is 2.28. The van der Waals surface area contributed by atoms with E-state index >= 15 is 0 Å². The molecule has 2 nitrogen and oxygen atoms in total. The molecule has 2 atom stereocenters. The van der Waals surface area contributed by atoms with Gasteiger partial charge in [-0.3, -0.25) is 4.21 Å². The summed E-state index contributed by atoms with van der Waals surface area (Å²) in [6.07, 6.45) is 1.95. The van der Waals surface area contributed by atoms with E-state index in [9.17, 15) is 4.21 Å². The van der Waals surface area contributed by atoms with Gasteiger partial charge >= 0.3 is 0 Å². The van der Waals surface area contributed by atoms with E-state index in [0.717, 1.165) is 28.9 Å². The molecule has 4 rings (SSSR count). The number of rotatable bonds is 3. The Morgan fingerprint density at radius 3 is 2.65 bits per heavy atom. The van der Waals surface area contributed by atoms with Gasteiger partial charge in [-0.25, -0.2) is 0 Å². The van der Waals surface area contributed by atoms with Crippen LogP contribution in [0.5, 0.6) is 5.75 Å². The molecular weight excluding hydrogens is 304 g/mol. The molecule has 3 heteroatoms. The average molecular weight is 322 g/mol. The Bertz CT molecular complexity index is 872. The van der Waals surface area contributed by atoms with E-state index in [1.54, 1.807) is 0 Å².